The lowest BCUT2D eigenvalue weighted by Gasteiger charge is -2.08. The Morgan fingerprint density at radius 1 is 1.35 bits per heavy atom. The number of nitrogens with zero attached hydrogens (tertiary/aromatic N) is 3. The summed E-state index contributed by atoms with van der Waals surface area (Å²) in [6, 6.07) is 5.49. The molecule has 9 heteroatoms. The number of ether oxygens (including phenoxy) is 2. The third kappa shape index (κ3) is 3.58. The van der Waals surface area contributed by atoms with Crippen LogP contribution < -0.4 is 14.8 Å². The standard InChI is InChI=1S/C17H17BrN4O3S/c1-4-22-15(12(18)8-19-22)16(23)21-17-20-13(9-26-17)11-7-10(24-2)5-6-14(11)25-3/h5-9H,4H2,1-3H3,(H,20,21,23). The summed E-state index contributed by atoms with van der Waals surface area (Å²) < 4.78 is 12.9. The van der Waals surface area contributed by atoms with E-state index in [0.29, 0.717) is 39.0 Å². The minimum atomic E-state index is -0.269. The van der Waals surface area contributed by atoms with Gasteiger partial charge in [-0.2, -0.15) is 5.10 Å². The van der Waals surface area contributed by atoms with E-state index in [9.17, 15) is 4.79 Å². The summed E-state index contributed by atoms with van der Waals surface area (Å²) in [4.78, 5) is 17.1. The molecule has 0 aliphatic heterocycles. The number of hydrogen-bond donors (Lipinski definition) is 1. The van der Waals surface area contributed by atoms with Gasteiger partial charge in [0.25, 0.3) is 5.91 Å². The van der Waals surface area contributed by atoms with Gasteiger partial charge in [0, 0.05) is 17.5 Å². The fraction of sp³-hybridized carbons (Fsp3) is 0.235. The maximum Gasteiger partial charge on any atom is 0.276 e. The highest BCUT2D eigenvalue weighted by Gasteiger charge is 2.18. The van der Waals surface area contributed by atoms with Crippen LogP contribution in [0, 0.1) is 0 Å². The number of hydrogen-bond acceptors (Lipinski definition) is 6. The van der Waals surface area contributed by atoms with Gasteiger partial charge in [-0.3, -0.25) is 14.8 Å². The summed E-state index contributed by atoms with van der Waals surface area (Å²) in [6.07, 6.45) is 1.60. The molecule has 3 rings (SSSR count). The van der Waals surface area contributed by atoms with Crippen LogP contribution in [0.3, 0.4) is 0 Å². The third-order valence-corrected chi connectivity index (χ3v) is 5.05. The van der Waals surface area contributed by atoms with Crippen molar-refractivity contribution in [2.24, 2.45) is 0 Å². The van der Waals surface area contributed by atoms with Gasteiger partial charge in [0.15, 0.2) is 5.13 Å². The second-order valence-electron chi connectivity index (χ2n) is 5.22. The zero-order valence-electron chi connectivity index (χ0n) is 14.4. The number of benzene rings is 1. The molecule has 0 fully saturated rings. The topological polar surface area (TPSA) is 78.3 Å². The Kier molecular flexibility index (Phi) is 5.58. The number of carbonyl (C=O) groups excluding carboxylic acids is 1. The number of nitrogens with one attached hydrogen (secondary N) is 1. The molecular formula is C17H17BrN4O3S. The number of thiazole rings is 1. The van der Waals surface area contributed by atoms with E-state index in [1.807, 2.05) is 30.5 Å². The lowest BCUT2D eigenvalue weighted by Crippen LogP contribution is -2.17. The van der Waals surface area contributed by atoms with Crippen LogP contribution in [0.4, 0.5) is 5.13 Å². The number of methoxy groups -OCH3 is 2. The third-order valence-electron chi connectivity index (χ3n) is 3.72. The molecule has 0 aliphatic carbocycles. The van der Waals surface area contributed by atoms with Crippen molar-refractivity contribution >= 4 is 38.3 Å². The van der Waals surface area contributed by atoms with Crippen LogP contribution in [0.5, 0.6) is 11.5 Å². The summed E-state index contributed by atoms with van der Waals surface area (Å²) in [7, 11) is 3.21. The predicted molar refractivity (Wildman–Crippen MR) is 104 cm³/mol. The Bertz CT molecular complexity index is 938. The molecule has 0 spiro atoms. The molecule has 0 bridgehead atoms. The molecular weight excluding hydrogens is 420 g/mol. The fourth-order valence-electron chi connectivity index (χ4n) is 2.45. The Hall–Kier alpha value is -2.39. The molecule has 0 saturated heterocycles. The summed E-state index contributed by atoms with van der Waals surface area (Å²) >= 11 is 4.69. The van der Waals surface area contributed by atoms with E-state index in [4.69, 9.17) is 9.47 Å². The molecule has 2 heterocycles. The normalized spacial score (nSPS) is 10.6. The van der Waals surface area contributed by atoms with Gasteiger partial charge in [-0.15, -0.1) is 11.3 Å². The van der Waals surface area contributed by atoms with Gasteiger partial charge in [-0.05, 0) is 41.1 Å². The number of carbonyl (C=O) groups is 1. The molecule has 0 radical (unpaired) electrons. The SMILES string of the molecule is CCn1ncc(Br)c1C(=O)Nc1nc(-c2cc(OC)ccc2OC)cs1. The van der Waals surface area contributed by atoms with Crippen molar-refractivity contribution in [1.29, 1.82) is 0 Å². The molecule has 0 atom stereocenters. The lowest BCUT2D eigenvalue weighted by atomic mass is 10.1. The highest BCUT2D eigenvalue weighted by atomic mass is 79.9. The van der Waals surface area contributed by atoms with Crippen LogP contribution in [0.25, 0.3) is 11.3 Å². The molecule has 0 unspecified atom stereocenters. The van der Waals surface area contributed by atoms with Gasteiger partial charge in [0.1, 0.15) is 17.2 Å². The summed E-state index contributed by atoms with van der Waals surface area (Å²) in [6.45, 7) is 2.52. The molecule has 2 aromatic heterocycles. The van der Waals surface area contributed by atoms with Crippen LogP contribution >= 0.6 is 27.3 Å². The van der Waals surface area contributed by atoms with Crippen LogP contribution in [-0.2, 0) is 6.54 Å². The summed E-state index contributed by atoms with van der Waals surface area (Å²) in [5, 5.41) is 9.33. The van der Waals surface area contributed by atoms with E-state index in [0.717, 1.165) is 5.56 Å². The van der Waals surface area contributed by atoms with Crippen molar-refractivity contribution in [3.05, 3.63) is 39.9 Å². The molecule has 0 aliphatic rings. The molecule has 1 N–H and O–H groups in total. The number of halogens is 1. The average Bonchev–Trinajstić information content (AvgIpc) is 3.27. The van der Waals surface area contributed by atoms with Gasteiger partial charge in [0.05, 0.1) is 30.6 Å². The first kappa shape index (κ1) is 18.4. The zero-order valence-corrected chi connectivity index (χ0v) is 16.8. The van der Waals surface area contributed by atoms with Crippen LogP contribution in [-0.4, -0.2) is 34.9 Å². The van der Waals surface area contributed by atoms with E-state index in [1.54, 1.807) is 25.1 Å². The highest BCUT2D eigenvalue weighted by Crippen LogP contribution is 2.35. The first-order valence-corrected chi connectivity index (χ1v) is 9.45. The first-order chi connectivity index (χ1) is 12.6. The number of aryl methyl sites for hydroxylation is 1. The molecule has 7 nitrogen and oxygen atoms in total. The van der Waals surface area contributed by atoms with Gasteiger partial charge < -0.3 is 9.47 Å². The second-order valence-corrected chi connectivity index (χ2v) is 6.93. The number of anilines is 1. The van der Waals surface area contributed by atoms with E-state index >= 15 is 0 Å². The smallest absolute Gasteiger partial charge is 0.276 e. The Morgan fingerprint density at radius 3 is 2.85 bits per heavy atom. The minimum Gasteiger partial charge on any atom is -0.497 e. The summed E-state index contributed by atoms with van der Waals surface area (Å²) in [5.74, 6) is 1.12. The molecule has 0 saturated carbocycles. The Balaban J connectivity index is 1.87. The molecule has 136 valence electrons. The molecule has 3 aromatic rings. The number of rotatable bonds is 6. The largest absolute Gasteiger partial charge is 0.497 e. The van der Waals surface area contributed by atoms with E-state index in [2.05, 4.69) is 31.3 Å². The van der Waals surface area contributed by atoms with E-state index in [-0.39, 0.29) is 5.91 Å². The highest BCUT2D eigenvalue weighted by molar-refractivity contribution is 9.10. The number of amides is 1. The minimum absolute atomic E-state index is 0.269. The van der Waals surface area contributed by atoms with Crippen LogP contribution in [0.15, 0.2) is 34.2 Å². The second kappa shape index (κ2) is 7.88. The van der Waals surface area contributed by atoms with E-state index in [1.165, 1.54) is 11.3 Å². The first-order valence-electron chi connectivity index (χ1n) is 7.78. The maximum atomic E-state index is 12.6. The van der Waals surface area contributed by atoms with Gasteiger partial charge in [0.2, 0.25) is 0 Å². The van der Waals surface area contributed by atoms with Crippen LogP contribution in [0.2, 0.25) is 0 Å². The number of aromatic nitrogens is 3. The average molecular weight is 437 g/mol. The molecule has 1 aromatic carbocycles. The van der Waals surface area contributed by atoms with Gasteiger partial charge >= 0.3 is 0 Å². The molecule has 26 heavy (non-hydrogen) atoms. The van der Waals surface area contributed by atoms with Crippen molar-refractivity contribution < 1.29 is 14.3 Å². The van der Waals surface area contributed by atoms with Crippen molar-refractivity contribution in [3.63, 3.8) is 0 Å². The van der Waals surface area contributed by atoms with E-state index < -0.39 is 0 Å². The van der Waals surface area contributed by atoms with Gasteiger partial charge in [-0.25, -0.2) is 4.98 Å². The van der Waals surface area contributed by atoms with Gasteiger partial charge in [-0.1, -0.05) is 0 Å². The Labute approximate surface area is 163 Å². The van der Waals surface area contributed by atoms with Crippen LogP contribution in [0.1, 0.15) is 17.4 Å². The quantitative estimate of drug-likeness (QED) is 0.630. The fourth-order valence-corrected chi connectivity index (χ4v) is 3.64. The van der Waals surface area contributed by atoms with Crippen molar-refractivity contribution in [1.82, 2.24) is 14.8 Å². The monoisotopic (exact) mass is 436 g/mol. The zero-order chi connectivity index (χ0) is 18.7. The van der Waals surface area contributed by atoms with Crippen molar-refractivity contribution in [2.75, 3.05) is 19.5 Å². The maximum absolute atomic E-state index is 12.6. The summed E-state index contributed by atoms with van der Waals surface area (Å²) in [5.41, 5.74) is 1.95. The lowest BCUT2D eigenvalue weighted by molar-refractivity contribution is 0.101. The molecule has 1 amide bonds. The van der Waals surface area contributed by atoms with Crippen molar-refractivity contribution in [3.8, 4) is 22.8 Å². The van der Waals surface area contributed by atoms with Crippen molar-refractivity contribution in [2.45, 2.75) is 13.5 Å². The predicted octanol–water partition coefficient (Wildman–Crippen LogP) is 4.06. The Morgan fingerprint density at radius 2 is 2.15 bits per heavy atom.